The van der Waals surface area contributed by atoms with E-state index < -0.39 is 12.0 Å². The van der Waals surface area contributed by atoms with Gasteiger partial charge in [0, 0.05) is 20.0 Å². The van der Waals surface area contributed by atoms with E-state index in [2.05, 4.69) is 16.0 Å². The molecule has 0 aromatic heterocycles. The Balaban J connectivity index is 1.85. The summed E-state index contributed by atoms with van der Waals surface area (Å²) in [4.78, 5) is 35.8. The van der Waals surface area contributed by atoms with Crippen molar-refractivity contribution in [3.63, 3.8) is 0 Å². The second-order valence-electron chi connectivity index (χ2n) is 6.13. The minimum Gasteiger partial charge on any atom is -0.459 e. The van der Waals surface area contributed by atoms with Crippen molar-refractivity contribution in [3.05, 3.63) is 35.9 Å². The van der Waals surface area contributed by atoms with Gasteiger partial charge in [-0.2, -0.15) is 0 Å². The van der Waals surface area contributed by atoms with E-state index in [1.165, 1.54) is 6.92 Å². The highest BCUT2D eigenvalue weighted by Gasteiger charge is 2.25. The fourth-order valence-electron chi connectivity index (χ4n) is 2.69. The Morgan fingerprint density at radius 2 is 2.04 bits per heavy atom. The molecule has 25 heavy (non-hydrogen) atoms. The fraction of sp³-hybridized carbons (Fsp3) is 0.500. The van der Waals surface area contributed by atoms with E-state index in [0.29, 0.717) is 6.54 Å². The zero-order valence-electron chi connectivity index (χ0n) is 14.4. The average molecular weight is 347 g/mol. The van der Waals surface area contributed by atoms with Crippen LogP contribution in [0.4, 0.5) is 0 Å². The van der Waals surface area contributed by atoms with Crippen molar-refractivity contribution in [2.75, 3.05) is 19.6 Å². The van der Waals surface area contributed by atoms with Gasteiger partial charge in [0.1, 0.15) is 12.6 Å². The van der Waals surface area contributed by atoms with Gasteiger partial charge in [-0.05, 0) is 24.9 Å². The van der Waals surface area contributed by atoms with Crippen molar-refractivity contribution < 1.29 is 19.1 Å². The summed E-state index contributed by atoms with van der Waals surface area (Å²) < 4.78 is 5.25. The quantitative estimate of drug-likeness (QED) is 0.619. The number of nitrogens with one attached hydrogen (secondary N) is 3. The van der Waals surface area contributed by atoms with Crippen molar-refractivity contribution in [2.24, 2.45) is 5.92 Å². The molecule has 1 heterocycles. The molecule has 1 aromatic carbocycles. The maximum absolute atomic E-state index is 12.2. The minimum atomic E-state index is -0.901. The first-order chi connectivity index (χ1) is 12.1. The number of esters is 1. The number of benzene rings is 1. The summed E-state index contributed by atoms with van der Waals surface area (Å²) in [5.41, 5.74) is 0.856. The molecule has 0 radical (unpaired) electrons. The summed E-state index contributed by atoms with van der Waals surface area (Å²) in [6.45, 7) is 3.02. The van der Waals surface area contributed by atoms with Gasteiger partial charge >= 0.3 is 5.97 Å². The minimum absolute atomic E-state index is 0.0164. The lowest BCUT2D eigenvalue weighted by Gasteiger charge is -2.23. The van der Waals surface area contributed by atoms with E-state index in [0.717, 1.165) is 24.9 Å². The Morgan fingerprint density at radius 3 is 2.68 bits per heavy atom. The number of hydrogen-bond donors (Lipinski definition) is 3. The maximum Gasteiger partial charge on any atom is 0.330 e. The molecular formula is C18H25N3O4. The average Bonchev–Trinajstić information content (AvgIpc) is 2.64. The lowest BCUT2D eigenvalue weighted by atomic mass is 9.99. The highest BCUT2D eigenvalue weighted by molar-refractivity contribution is 5.85. The van der Waals surface area contributed by atoms with E-state index in [-0.39, 0.29) is 30.9 Å². The molecule has 3 N–H and O–H groups in total. The van der Waals surface area contributed by atoms with E-state index in [1.54, 1.807) is 0 Å². The van der Waals surface area contributed by atoms with Crippen LogP contribution in [0.5, 0.6) is 0 Å². The molecule has 1 aliphatic rings. The summed E-state index contributed by atoms with van der Waals surface area (Å²) in [7, 11) is 0. The molecule has 1 aliphatic heterocycles. The summed E-state index contributed by atoms with van der Waals surface area (Å²) in [5, 5.41) is 8.45. The molecule has 1 fully saturated rings. The molecule has 2 rings (SSSR count). The summed E-state index contributed by atoms with van der Waals surface area (Å²) >= 11 is 0. The highest BCUT2D eigenvalue weighted by Crippen LogP contribution is 2.09. The molecule has 1 saturated heterocycles. The second-order valence-corrected chi connectivity index (χ2v) is 6.13. The van der Waals surface area contributed by atoms with Gasteiger partial charge in [-0.3, -0.25) is 9.59 Å². The van der Waals surface area contributed by atoms with E-state index in [4.69, 9.17) is 4.74 Å². The number of carbonyl (C=O) groups excluding carboxylic acids is 3. The van der Waals surface area contributed by atoms with Gasteiger partial charge < -0.3 is 20.7 Å². The third kappa shape index (κ3) is 6.54. The topological polar surface area (TPSA) is 96.5 Å². The Morgan fingerprint density at radius 1 is 1.28 bits per heavy atom. The first-order valence-electron chi connectivity index (χ1n) is 8.52. The number of ether oxygens (including phenoxy) is 1. The Bertz CT molecular complexity index is 585. The van der Waals surface area contributed by atoms with Gasteiger partial charge in [-0.1, -0.05) is 30.3 Å². The first-order valence-corrected chi connectivity index (χ1v) is 8.52. The lowest BCUT2D eigenvalue weighted by molar-refractivity contribution is -0.149. The molecule has 2 atom stereocenters. The molecule has 0 spiro atoms. The van der Waals surface area contributed by atoms with Crippen LogP contribution in [0, 0.1) is 5.92 Å². The van der Waals surface area contributed by atoms with Crippen LogP contribution in [0.1, 0.15) is 25.3 Å². The van der Waals surface area contributed by atoms with Crippen LogP contribution in [0.25, 0.3) is 0 Å². The molecule has 0 bridgehead atoms. The Kier molecular flexibility index (Phi) is 7.40. The van der Waals surface area contributed by atoms with Crippen LogP contribution in [-0.2, 0) is 25.7 Å². The van der Waals surface area contributed by atoms with Crippen LogP contribution in [-0.4, -0.2) is 43.5 Å². The number of piperidine rings is 1. The Labute approximate surface area is 147 Å². The van der Waals surface area contributed by atoms with Gasteiger partial charge in [-0.15, -0.1) is 0 Å². The van der Waals surface area contributed by atoms with Crippen molar-refractivity contribution in [2.45, 2.75) is 32.4 Å². The smallest absolute Gasteiger partial charge is 0.330 e. The second kappa shape index (κ2) is 9.78. The van der Waals surface area contributed by atoms with Crippen molar-refractivity contribution in [1.82, 2.24) is 16.0 Å². The lowest BCUT2D eigenvalue weighted by Crippen LogP contribution is -2.50. The maximum atomic E-state index is 12.2. The van der Waals surface area contributed by atoms with Crippen LogP contribution in [0.3, 0.4) is 0 Å². The van der Waals surface area contributed by atoms with Gasteiger partial charge in [0.05, 0.1) is 5.92 Å². The molecule has 0 aliphatic carbocycles. The fourth-order valence-corrected chi connectivity index (χ4v) is 2.69. The molecule has 136 valence electrons. The van der Waals surface area contributed by atoms with Crippen molar-refractivity contribution >= 4 is 17.8 Å². The molecule has 0 saturated carbocycles. The third-order valence-electron chi connectivity index (χ3n) is 4.03. The SMILES string of the molecule is CC(=O)N[C@@H](CNC(=O)[C@@H]1CCCNC1)C(=O)OCc1ccccc1. The van der Waals surface area contributed by atoms with E-state index >= 15 is 0 Å². The standard InChI is InChI=1S/C18H25N3O4/c1-13(22)21-16(11-20-17(23)15-8-5-9-19-10-15)18(24)25-12-14-6-3-2-4-7-14/h2-4,6-7,15-16,19H,5,8-12H2,1H3,(H,20,23)(H,21,22)/t15-,16+/m1/s1. The summed E-state index contributed by atoms with van der Waals surface area (Å²) in [5.74, 6) is -1.14. The third-order valence-corrected chi connectivity index (χ3v) is 4.03. The van der Waals surface area contributed by atoms with Crippen molar-refractivity contribution in [1.29, 1.82) is 0 Å². The number of carbonyl (C=O) groups is 3. The van der Waals surface area contributed by atoms with Crippen LogP contribution in [0.2, 0.25) is 0 Å². The summed E-state index contributed by atoms with van der Waals surface area (Å²) in [6.07, 6.45) is 1.77. The Hall–Kier alpha value is -2.41. The molecule has 7 nitrogen and oxygen atoms in total. The highest BCUT2D eigenvalue weighted by atomic mass is 16.5. The van der Waals surface area contributed by atoms with Crippen LogP contribution < -0.4 is 16.0 Å². The largest absolute Gasteiger partial charge is 0.459 e. The molecule has 2 amide bonds. The monoisotopic (exact) mass is 347 g/mol. The molecular weight excluding hydrogens is 322 g/mol. The first kappa shape index (κ1) is 18.9. The molecule has 7 heteroatoms. The predicted octanol–water partition coefficient (Wildman–Crippen LogP) is 0.350. The van der Waals surface area contributed by atoms with E-state index in [1.807, 2.05) is 30.3 Å². The van der Waals surface area contributed by atoms with Gasteiger partial charge in [0.15, 0.2) is 0 Å². The summed E-state index contributed by atoms with van der Waals surface area (Å²) in [6, 6.07) is 8.37. The van der Waals surface area contributed by atoms with Gasteiger partial charge in [-0.25, -0.2) is 4.79 Å². The van der Waals surface area contributed by atoms with Crippen LogP contribution >= 0.6 is 0 Å². The molecule has 1 aromatic rings. The number of hydrogen-bond acceptors (Lipinski definition) is 5. The zero-order valence-corrected chi connectivity index (χ0v) is 14.4. The predicted molar refractivity (Wildman–Crippen MR) is 92.4 cm³/mol. The van der Waals surface area contributed by atoms with Crippen LogP contribution in [0.15, 0.2) is 30.3 Å². The number of rotatable bonds is 7. The van der Waals surface area contributed by atoms with Gasteiger partial charge in [0.2, 0.25) is 11.8 Å². The zero-order chi connectivity index (χ0) is 18.1. The molecule has 0 unspecified atom stereocenters. The number of amides is 2. The van der Waals surface area contributed by atoms with E-state index in [9.17, 15) is 14.4 Å². The van der Waals surface area contributed by atoms with Crippen molar-refractivity contribution in [3.8, 4) is 0 Å². The normalized spacial score (nSPS) is 18.0. The van der Waals surface area contributed by atoms with Gasteiger partial charge in [0.25, 0.3) is 0 Å².